The highest BCUT2D eigenvalue weighted by molar-refractivity contribution is 5.85. The number of carboxylic acids is 1. The first-order chi connectivity index (χ1) is 16.1. The summed E-state index contributed by atoms with van der Waals surface area (Å²) >= 11 is 0. The molecule has 0 bridgehead atoms. The lowest BCUT2D eigenvalue weighted by atomic mass is 9.98. The molecule has 0 aromatic heterocycles. The number of rotatable bonds is 8. The van der Waals surface area contributed by atoms with Crippen LogP contribution in [0.4, 0.5) is 18.0 Å². The second kappa shape index (κ2) is 9.36. The van der Waals surface area contributed by atoms with Gasteiger partial charge in [0.1, 0.15) is 19.7 Å². The number of benzene rings is 2. The number of alkyl halides is 3. The molecule has 0 radical (unpaired) electrons. The van der Waals surface area contributed by atoms with Gasteiger partial charge in [0.15, 0.2) is 0 Å². The number of carbonyl (C=O) groups excluding carboxylic acids is 2. The van der Waals surface area contributed by atoms with Gasteiger partial charge in [0.05, 0.1) is 0 Å². The van der Waals surface area contributed by atoms with Gasteiger partial charge in [-0.05, 0) is 34.6 Å². The number of halogens is 3. The summed E-state index contributed by atoms with van der Waals surface area (Å²) in [4.78, 5) is 35.7. The van der Waals surface area contributed by atoms with E-state index in [1.807, 2.05) is 48.5 Å². The number of carbonyl (C=O) groups is 3. The molecular formula is C24H23F3N2O5. The number of nitrogens with zero attached hydrogens (tertiary/aromatic N) is 1. The van der Waals surface area contributed by atoms with E-state index in [0.717, 1.165) is 22.3 Å². The lowest BCUT2D eigenvalue weighted by molar-refractivity contribution is -0.166. The first-order valence-electron chi connectivity index (χ1n) is 10.8. The van der Waals surface area contributed by atoms with Crippen LogP contribution in [-0.2, 0) is 14.3 Å². The van der Waals surface area contributed by atoms with Crippen LogP contribution in [0.5, 0.6) is 0 Å². The molecule has 2 aromatic rings. The van der Waals surface area contributed by atoms with Gasteiger partial charge in [-0.1, -0.05) is 48.5 Å². The van der Waals surface area contributed by atoms with E-state index in [1.54, 1.807) is 0 Å². The smallest absolute Gasteiger partial charge is 0.407 e. The van der Waals surface area contributed by atoms with Gasteiger partial charge in [-0.2, -0.15) is 13.2 Å². The molecule has 2 aliphatic carbocycles. The van der Waals surface area contributed by atoms with E-state index in [1.165, 1.54) is 0 Å². The van der Waals surface area contributed by atoms with Gasteiger partial charge < -0.3 is 20.1 Å². The molecule has 1 fully saturated rings. The van der Waals surface area contributed by atoms with Crippen LogP contribution in [0, 0.1) is 11.8 Å². The maximum Gasteiger partial charge on any atom is 0.407 e. The van der Waals surface area contributed by atoms with Gasteiger partial charge >= 0.3 is 18.2 Å². The molecular weight excluding hydrogens is 453 g/mol. The number of amides is 2. The monoisotopic (exact) mass is 476 g/mol. The molecule has 2 amide bonds. The van der Waals surface area contributed by atoms with Crippen LogP contribution < -0.4 is 5.32 Å². The Hall–Kier alpha value is -3.56. The molecule has 7 nitrogen and oxygen atoms in total. The Bertz CT molecular complexity index is 1060. The molecule has 2 N–H and O–H groups in total. The average Bonchev–Trinajstić information content (AvgIpc) is 3.49. The van der Waals surface area contributed by atoms with Crippen LogP contribution in [0.25, 0.3) is 11.1 Å². The first-order valence-corrected chi connectivity index (χ1v) is 10.8. The Kier molecular flexibility index (Phi) is 6.49. The summed E-state index contributed by atoms with van der Waals surface area (Å²) in [7, 11) is 0. The molecule has 0 heterocycles. The maximum absolute atomic E-state index is 12.7. The minimum Gasteiger partial charge on any atom is -0.480 e. The van der Waals surface area contributed by atoms with E-state index in [-0.39, 0.29) is 31.4 Å². The highest BCUT2D eigenvalue weighted by atomic mass is 19.4. The standard InChI is InChI=1S/C24H23F3N2O5/c25-24(26,27)13-29(11-21(30)31)22(32)19-9-14(19)10-28-23(33)34-12-20-17-7-3-1-5-15(17)16-6-2-4-8-18(16)20/h1-8,14,19-20H,9-13H2,(H,28,33)(H,30,31)/t14-,19-/m0/s1. The van der Waals surface area contributed by atoms with Crippen LogP contribution in [0.1, 0.15) is 23.5 Å². The van der Waals surface area contributed by atoms with E-state index in [4.69, 9.17) is 9.84 Å². The Balaban J connectivity index is 1.28. The van der Waals surface area contributed by atoms with Crippen molar-refractivity contribution >= 4 is 18.0 Å². The van der Waals surface area contributed by atoms with Crippen molar-refractivity contribution in [3.63, 3.8) is 0 Å². The molecule has 0 spiro atoms. The van der Waals surface area contributed by atoms with E-state index < -0.39 is 43.2 Å². The van der Waals surface area contributed by atoms with Gasteiger partial charge in [-0.3, -0.25) is 9.59 Å². The van der Waals surface area contributed by atoms with Crippen molar-refractivity contribution in [1.82, 2.24) is 10.2 Å². The quantitative estimate of drug-likeness (QED) is 0.607. The molecule has 34 heavy (non-hydrogen) atoms. The van der Waals surface area contributed by atoms with Crippen molar-refractivity contribution in [1.29, 1.82) is 0 Å². The van der Waals surface area contributed by atoms with E-state index >= 15 is 0 Å². The zero-order chi connectivity index (χ0) is 24.5. The summed E-state index contributed by atoms with van der Waals surface area (Å²) in [6, 6.07) is 15.8. The minimum absolute atomic E-state index is 0.0556. The first kappa shape index (κ1) is 23.6. The number of aliphatic carboxylic acids is 1. The molecule has 0 unspecified atom stereocenters. The van der Waals surface area contributed by atoms with Crippen LogP contribution in [0.3, 0.4) is 0 Å². The van der Waals surface area contributed by atoms with Gasteiger partial charge in [0, 0.05) is 18.4 Å². The molecule has 4 rings (SSSR count). The Morgan fingerprint density at radius 1 is 1.03 bits per heavy atom. The van der Waals surface area contributed by atoms with Crippen LogP contribution >= 0.6 is 0 Å². The lowest BCUT2D eigenvalue weighted by Crippen LogP contribution is -2.43. The Labute approximate surface area is 193 Å². The molecule has 2 aliphatic rings. The number of ether oxygens (including phenoxy) is 1. The van der Waals surface area contributed by atoms with Crippen molar-refractivity contribution in [3.8, 4) is 11.1 Å². The molecule has 1 saturated carbocycles. The number of fused-ring (bicyclic) bond motifs is 3. The Morgan fingerprint density at radius 2 is 1.62 bits per heavy atom. The predicted molar refractivity (Wildman–Crippen MR) is 115 cm³/mol. The molecule has 180 valence electrons. The van der Waals surface area contributed by atoms with Crippen molar-refractivity contribution in [3.05, 3.63) is 59.7 Å². The van der Waals surface area contributed by atoms with E-state index in [9.17, 15) is 27.6 Å². The van der Waals surface area contributed by atoms with Gasteiger partial charge in [-0.15, -0.1) is 0 Å². The van der Waals surface area contributed by atoms with Gasteiger partial charge in [-0.25, -0.2) is 4.79 Å². The van der Waals surface area contributed by atoms with Crippen molar-refractivity contribution in [2.45, 2.75) is 18.5 Å². The fourth-order valence-corrected chi connectivity index (χ4v) is 4.47. The number of hydrogen-bond acceptors (Lipinski definition) is 4. The SMILES string of the molecule is O=C(O)CN(CC(F)(F)F)C(=O)[C@H]1C[C@H]1CNC(=O)OCC1c2ccccc2-c2ccccc21. The summed E-state index contributed by atoms with van der Waals surface area (Å²) in [5, 5.41) is 11.4. The third kappa shape index (κ3) is 5.32. The normalized spacial score (nSPS) is 18.6. The average molecular weight is 476 g/mol. The molecule has 10 heteroatoms. The number of hydrogen-bond donors (Lipinski definition) is 2. The maximum atomic E-state index is 12.7. The third-order valence-electron chi connectivity index (χ3n) is 6.10. The topological polar surface area (TPSA) is 95.9 Å². The molecule has 0 aliphatic heterocycles. The van der Waals surface area contributed by atoms with Gasteiger partial charge in [0.2, 0.25) is 5.91 Å². The summed E-state index contributed by atoms with van der Waals surface area (Å²) in [5.74, 6) is -3.63. The van der Waals surface area contributed by atoms with Gasteiger partial charge in [0.25, 0.3) is 0 Å². The zero-order valence-electron chi connectivity index (χ0n) is 18.0. The molecule has 0 saturated heterocycles. The van der Waals surface area contributed by atoms with Crippen molar-refractivity contribution < 1.29 is 37.4 Å². The number of carboxylic acid groups (broad SMARTS) is 1. The third-order valence-corrected chi connectivity index (χ3v) is 6.10. The number of nitrogens with one attached hydrogen (secondary N) is 1. The summed E-state index contributed by atoms with van der Waals surface area (Å²) in [6.45, 7) is -2.48. The summed E-state index contributed by atoms with van der Waals surface area (Å²) in [6.07, 6.45) is -5.11. The van der Waals surface area contributed by atoms with Crippen LogP contribution in [-0.4, -0.2) is 60.4 Å². The predicted octanol–water partition coefficient (Wildman–Crippen LogP) is 3.64. The second-order valence-electron chi connectivity index (χ2n) is 8.51. The minimum atomic E-state index is -4.70. The second-order valence-corrected chi connectivity index (χ2v) is 8.51. The largest absolute Gasteiger partial charge is 0.480 e. The lowest BCUT2D eigenvalue weighted by Gasteiger charge is -2.22. The highest BCUT2D eigenvalue weighted by Gasteiger charge is 2.47. The van der Waals surface area contributed by atoms with E-state index in [2.05, 4.69) is 5.32 Å². The fourth-order valence-electron chi connectivity index (χ4n) is 4.47. The number of alkyl carbamates (subject to hydrolysis) is 1. The summed E-state index contributed by atoms with van der Waals surface area (Å²) in [5.41, 5.74) is 4.31. The zero-order valence-corrected chi connectivity index (χ0v) is 18.0. The molecule has 2 aromatic carbocycles. The van der Waals surface area contributed by atoms with Crippen molar-refractivity contribution in [2.75, 3.05) is 26.2 Å². The highest BCUT2D eigenvalue weighted by Crippen LogP contribution is 2.44. The summed E-state index contributed by atoms with van der Waals surface area (Å²) < 4.78 is 43.5. The van der Waals surface area contributed by atoms with E-state index in [0.29, 0.717) is 4.90 Å². The fraction of sp³-hybridized carbons (Fsp3) is 0.375. The van der Waals surface area contributed by atoms with Crippen molar-refractivity contribution in [2.24, 2.45) is 11.8 Å². The van der Waals surface area contributed by atoms with Crippen LogP contribution in [0.15, 0.2) is 48.5 Å². The van der Waals surface area contributed by atoms with Crippen LogP contribution in [0.2, 0.25) is 0 Å². The Morgan fingerprint density at radius 3 is 2.18 bits per heavy atom. The molecule has 2 atom stereocenters.